The molecule has 144 valence electrons. The lowest BCUT2D eigenvalue weighted by molar-refractivity contribution is -0.121. The van der Waals surface area contributed by atoms with Gasteiger partial charge >= 0.3 is 0 Å². The molecule has 2 aliphatic rings. The Morgan fingerprint density at radius 2 is 1.75 bits per heavy atom. The molecule has 28 heavy (non-hydrogen) atoms. The van der Waals surface area contributed by atoms with Gasteiger partial charge in [0.15, 0.2) is 0 Å². The highest BCUT2D eigenvalue weighted by atomic mass is 19.1. The van der Waals surface area contributed by atoms with E-state index >= 15 is 0 Å². The highest BCUT2D eigenvalue weighted by Crippen LogP contribution is 2.54. The van der Waals surface area contributed by atoms with Crippen molar-refractivity contribution in [3.63, 3.8) is 0 Å². The van der Waals surface area contributed by atoms with E-state index in [1.54, 1.807) is 24.3 Å². The summed E-state index contributed by atoms with van der Waals surface area (Å²) in [5.41, 5.74) is 0.319. The second-order valence-corrected chi connectivity index (χ2v) is 7.40. The van der Waals surface area contributed by atoms with Crippen LogP contribution in [0.3, 0.4) is 0 Å². The maximum absolute atomic E-state index is 14.2. The number of carbonyl (C=O) groups excluding carboxylic acids is 3. The molecule has 3 amide bonds. The van der Waals surface area contributed by atoms with Crippen molar-refractivity contribution in [1.82, 2.24) is 10.2 Å². The normalized spacial score (nSPS) is 23.0. The summed E-state index contributed by atoms with van der Waals surface area (Å²) >= 11 is 0. The van der Waals surface area contributed by atoms with E-state index < -0.39 is 41.3 Å². The van der Waals surface area contributed by atoms with Gasteiger partial charge in [-0.1, -0.05) is 25.1 Å². The van der Waals surface area contributed by atoms with Crippen molar-refractivity contribution < 1.29 is 23.2 Å². The molecule has 2 unspecified atom stereocenters. The average Bonchev–Trinajstić information content (AvgIpc) is 3.27. The van der Waals surface area contributed by atoms with Crippen LogP contribution in [-0.4, -0.2) is 35.7 Å². The Balaban J connectivity index is 1.44. The zero-order chi connectivity index (χ0) is 20.1. The van der Waals surface area contributed by atoms with Crippen molar-refractivity contribution >= 4 is 17.7 Å². The number of nitrogens with one attached hydrogen (secondary N) is 1. The molecule has 0 radical (unpaired) electrons. The predicted molar refractivity (Wildman–Crippen MR) is 96.6 cm³/mol. The van der Waals surface area contributed by atoms with E-state index in [1.807, 2.05) is 6.92 Å². The molecule has 1 aliphatic heterocycles. The number of imide groups is 1. The van der Waals surface area contributed by atoms with Gasteiger partial charge in [-0.15, -0.1) is 0 Å². The van der Waals surface area contributed by atoms with Gasteiger partial charge in [0.2, 0.25) is 5.91 Å². The van der Waals surface area contributed by atoms with E-state index in [0.717, 1.165) is 11.0 Å². The number of nitrogens with zero attached hydrogens (tertiary/aromatic N) is 1. The lowest BCUT2D eigenvalue weighted by Gasteiger charge is -2.20. The first-order valence-corrected chi connectivity index (χ1v) is 9.01. The Hall–Kier alpha value is -3.09. The summed E-state index contributed by atoms with van der Waals surface area (Å²) in [6.45, 7) is 1.68. The molecule has 2 aromatic carbocycles. The van der Waals surface area contributed by atoms with E-state index in [1.165, 1.54) is 12.1 Å². The molecule has 7 heteroatoms. The van der Waals surface area contributed by atoms with Crippen LogP contribution < -0.4 is 5.32 Å². The zero-order valence-corrected chi connectivity index (χ0v) is 15.2. The molecule has 2 atom stereocenters. The molecule has 0 saturated heterocycles. The van der Waals surface area contributed by atoms with Crippen LogP contribution in [0.2, 0.25) is 0 Å². The molecule has 0 spiro atoms. The van der Waals surface area contributed by atoms with Gasteiger partial charge in [-0.3, -0.25) is 19.3 Å². The topological polar surface area (TPSA) is 66.5 Å². The maximum atomic E-state index is 14.2. The highest BCUT2D eigenvalue weighted by molar-refractivity contribution is 6.22. The molecule has 1 heterocycles. The largest absolute Gasteiger partial charge is 0.354 e. The van der Waals surface area contributed by atoms with Gasteiger partial charge in [-0.2, -0.15) is 0 Å². The molecule has 4 rings (SSSR count). The lowest BCUT2D eigenvalue weighted by atomic mass is 9.92. The first kappa shape index (κ1) is 18.3. The van der Waals surface area contributed by atoms with Crippen LogP contribution in [0.15, 0.2) is 42.5 Å². The van der Waals surface area contributed by atoms with E-state index in [2.05, 4.69) is 5.32 Å². The van der Waals surface area contributed by atoms with Crippen LogP contribution in [0, 0.1) is 17.6 Å². The Morgan fingerprint density at radius 3 is 2.29 bits per heavy atom. The summed E-state index contributed by atoms with van der Waals surface area (Å²) in [5, 5.41) is 2.71. The van der Waals surface area contributed by atoms with E-state index in [0.29, 0.717) is 12.0 Å². The molecular formula is C21H18F2N2O3. The van der Waals surface area contributed by atoms with Crippen LogP contribution in [0.5, 0.6) is 0 Å². The zero-order valence-electron chi connectivity index (χ0n) is 15.2. The summed E-state index contributed by atoms with van der Waals surface area (Å²) in [7, 11) is 0. The van der Waals surface area contributed by atoms with E-state index in [4.69, 9.17) is 0 Å². The second kappa shape index (κ2) is 6.51. The minimum absolute atomic E-state index is 0.118. The molecule has 1 aliphatic carbocycles. The molecular weight excluding hydrogens is 366 g/mol. The summed E-state index contributed by atoms with van der Waals surface area (Å²) < 4.78 is 27.4. The fourth-order valence-electron chi connectivity index (χ4n) is 3.94. The lowest BCUT2D eigenvalue weighted by Crippen LogP contribution is -2.43. The molecule has 5 nitrogen and oxygen atoms in total. The summed E-state index contributed by atoms with van der Waals surface area (Å²) in [5.74, 6) is -2.69. The van der Waals surface area contributed by atoms with Crippen LogP contribution in [0.25, 0.3) is 0 Å². The van der Waals surface area contributed by atoms with Crippen LogP contribution >= 0.6 is 0 Å². The van der Waals surface area contributed by atoms with Crippen molar-refractivity contribution in [2.24, 2.45) is 5.92 Å². The molecule has 1 N–H and O–H groups in total. The SMILES string of the molecule is CC1CC1(CNC(=O)CN1C(=O)c2ccccc2C1=O)c1ccc(F)cc1F. The number of halogens is 2. The van der Waals surface area contributed by atoms with Gasteiger partial charge in [0.25, 0.3) is 11.8 Å². The molecule has 0 aromatic heterocycles. The predicted octanol–water partition coefficient (Wildman–Crippen LogP) is 2.65. The Labute approximate surface area is 160 Å². The number of hydrogen-bond acceptors (Lipinski definition) is 3. The third-order valence-electron chi connectivity index (χ3n) is 5.70. The van der Waals surface area contributed by atoms with Gasteiger partial charge in [-0.25, -0.2) is 8.78 Å². The quantitative estimate of drug-likeness (QED) is 0.806. The number of carbonyl (C=O) groups is 3. The van der Waals surface area contributed by atoms with Crippen molar-refractivity contribution in [1.29, 1.82) is 0 Å². The molecule has 2 aromatic rings. The number of amides is 3. The highest BCUT2D eigenvalue weighted by Gasteiger charge is 2.53. The Bertz CT molecular complexity index is 972. The number of hydrogen-bond donors (Lipinski definition) is 1. The van der Waals surface area contributed by atoms with Crippen molar-refractivity contribution in [2.75, 3.05) is 13.1 Å². The summed E-state index contributed by atoms with van der Waals surface area (Å²) in [6.07, 6.45) is 0.656. The van der Waals surface area contributed by atoms with E-state index in [9.17, 15) is 23.2 Å². The third kappa shape index (κ3) is 2.87. The first-order valence-electron chi connectivity index (χ1n) is 9.01. The van der Waals surface area contributed by atoms with Crippen molar-refractivity contribution in [2.45, 2.75) is 18.8 Å². The van der Waals surface area contributed by atoms with Gasteiger partial charge in [-0.05, 0) is 36.1 Å². The summed E-state index contributed by atoms with van der Waals surface area (Å²) in [4.78, 5) is 38.0. The number of benzene rings is 2. The monoisotopic (exact) mass is 384 g/mol. The van der Waals surface area contributed by atoms with Gasteiger partial charge < -0.3 is 5.32 Å². The summed E-state index contributed by atoms with van der Waals surface area (Å²) in [6, 6.07) is 9.85. The van der Waals surface area contributed by atoms with Crippen LogP contribution in [0.1, 0.15) is 39.6 Å². The first-order chi connectivity index (χ1) is 13.3. The molecule has 1 fully saturated rings. The van der Waals surface area contributed by atoms with Gasteiger partial charge in [0.05, 0.1) is 11.1 Å². The number of rotatable bonds is 5. The van der Waals surface area contributed by atoms with Gasteiger partial charge in [0.1, 0.15) is 18.2 Å². The van der Waals surface area contributed by atoms with E-state index in [-0.39, 0.29) is 23.6 Å². The minimum atomic E-state index is -0.653. The molecule has 1 saturated carbocycles. The van der Waals surface area contributed by atoms with Crippen LogP contribution in [0.4, 0.5) is 8.78 Å². The van der Waals surface area contributed by atoms with Crippen molar-refractivity contribution in [3.8, 4) is 0 Å². The maximum Gasteiger partial charge on any atom is 0.262 e. The second-order valence-electron chi connectivity index (χ2n) is 7.40. The van der Waals surface area contributed by atoms with Gasteiger partial charge in [0, 0.05) is 18.0 Å². The Morgan fingerprint density at radius 1 is 1.14 bits per heavy atom. The fraction of sp³-hybridized carbons (Fsp3) is 0.286. The standard InChI is InChI=1S/C21H18F2N2O3/c1-12-9-21(12,16-7-6-13(22)8-17(16)23)11-24-18(26)10-25-19(27)14-4-2-3-5-15(14)20(25)28/h2-8,12H,9-11H2,1H3,(H,24,26). The molecule has 0 bridgehead atoms. The third-order valence-corrected chi connectivity index (χ3v) is 5.70. The minimum Gasteiger partial charge on any atom is -0.354 e. The fourth-order valence-corrected chi connectivity index (χ4v) is 3.94. The van der Waals surface area contributed by atoms with Crippen molar-refractivity contribution in [3.05, 3.63) is 70.8 Å². The average molecular weight is 384 g/mol. The van der Waals surface area contributed by atoms with Crippen LogP contribution in [-0.2, 0) is 10.2 Å². The number of fused-ring (bicyclic) bond motifs is 1. The smallest absolute Gasteiger partial charge is 0.262 e. The Kier molecular flexibility index (Phi) is 4.25.